The van der Waals surface area contributed by atoms with Gasteiger partial charge in [-0.1, -0.05) is 74.5 Å². The first kappa shape index (κ1) is 9.99. The van der Waals surface area contributed by atoms with Crippen LogP contribution in [0.3, 0.4) is 0 Å². The van der Waals surface area contributed by atoms with E-state index in [1.807, 2.05) is 0 Å². The van der Waals surface area contributed by atoms with Crippen LogP contribution in [0.2, 0.25) is 17.5 Å². The van der Waals surface area contributed by atoms with Crippen molar-refractivity contribution in [3.8, 4) is 0 Å². The third-order valence-corrected chi connectivity index (χ3v) is 5.24. The van der Waals surface area contributed by atoms with Crippen molar-refractivity contribution in [2.75, 3.05) is 0 Å². The molecule has 0 radical (unpaired) electrons. The standard InChI is InChI=1S/C14H23B/c1-2-6-12(7-3-1)15-13-8-4-9-14(15)11-5-10-13/h1-2,12-14H,3-11H2/t12-,13?,14?/m1/s1. The first-order valence-corrected chi connectivity index (χ1v) is 7.10. The van der Waals surface area contributed by atoms with Gasteiger partial charge in [0.15, 0.2) is 0 Å². The Morgan fingerprint density at radius 2 is 1.40 bits per heavy atom. The average molecular weight is 202 g/mol. The Hall–Kier alpha value is -0.195. The summed E-state index contributed by atoms with van der Waals surface area (Å²) in [6.07, 6.45) is 18.4. The molecule has 0 saturated carbocycles. The van der Waals surface area contributed by atoms with E-state index in [1.165, 1.54) is 32.1 Å². The zero-order valence-corrected chi connectivity index (χ0v) is 9.83. The van der Waals surface area contributed by atoms with E-state index < -0.39 is 0 Å². The van der Waals surface area contributed by atoms with Gasteiger partial charge < -0.3 is 0 Å². The maximum Gasteiger partial charge on any atom is 0.149 e. The van der Waals surface area contributed by atoms with Crippen LogP contribution in [0.15, 0.2) is 12.2 Å². The minimum atomic E-state index is 1.06. The van der Waals surface area contributed by atoms with Gasteiger partial charge in [-0.05, 0) is 12.8 Å². The van der Waals surface area contributed by atoms with E-state index in [2.05, 4.69) is 12.2 Å². The van der Waals surface area contributed by atoms with Crippen molar-refractivity contribution < 1.29 is 0 Å². The normalized spacial score (nSPS) is 40.5. The van der Waals surface area contributed by atoms with E-state index in [0.29, 0.717) is 0 Å². The molecule has 15 heavy (non-hydrogen) atoms. The van der Waals surface area contributed by atoms with Gasteiger partial charge >= 0.3 is 0 Å². The molecule has 82 valence electrons. The predicted molar refractivity (Wildman–Crippen MR) is 67.7 cm³/mol. The highest BCUT2D eigenvalue weighted by atomic mass is 14.3. The summed E-state index contributed by atoms with van der Waals surface area (Å²) in [4.78, 5) is 0. The monoisotopic (exact) mass is 202 g/mol. The number of allylic oxidation sites excluding steroid dienone is 2. The average Bonchev–Trinajstić information content (AvgIpc) is 2.29. The van der Waals surface area contributed by atoms with Gasteiger partial charge in [0.2, 0.25) is 0 Å². The number of hydrogen-bond acceptors (Lipinski definition) is 0. The molecule has 0 aromatic rings. The van der Waals surface area contributed by atoms with Crippen LogP contribution >= 0.6 is 0 Å². The van der Waals surface area contributed by atoms with Crippen LogP contribution in [0.5, 0.6) is 0 Å². The molecule has 2 heterocycles. The topological polar surface area (TPSA) is 0 Å². The summed E-state index contributed by atoms with van der Waals surface area (Å²) in [6, 6.07) is 0. The fourth-order valence-corrected chi connectivity index (χ4v) is 4.66. The van der Waals surface area contributed by atoms with E-state index >= 15 is 0 Å². The van der Waals surface area contributed by atoms with Crippen LogP contribution in [0.1, 0.15) is 57.8 Å². The van der Waals surface area contributed by atoms with E-state index in [9.17, 15) is 0 Å². The Morgan fingerprint density at radius 1 is 0.733 bits per heavy atom. The molecular formula is C14H23B. The van der Waals surface area contributed by atoms with Gasteiger partial charge in [0, 0.05) is 0 Å². The molecule has 2 fully saturated rings. The Balaban J connectivity index is 1.74. The SMILES string of the molecule is C1=CC[C@@H](B2C3CCCC2CCC3)CC1. The van der Waals surface area contributed by atoms with E-state index in [0.717, 1.165) is 24.2 Å². The highest BCUT2D eigenvalue weighted by Gasteiger charge is 2.42. The van der Waals surface area contributed by atoms with Crippen molar-refractivity contribution in [3.05, 3.63) is 12.2 Å². The van der Waals surface area contributed by atoms with E-state index in [4.69, 9.17) is 0 Å². The van der Waals surface area contributed by atoms with Gasteiger partial charge in [-0.25, -0.2) is 0 Å². The first-order valence-electron chi connectivity index (χ1n) is 7.10. The van der Waals surface area contributed by atoms with Crippen LogP contribution < -0.4 is 0 Å². The second kappa shape index (κ2) is 4.35. The molecule has 2 bridgehead atoms. The quantitative estimate of drug-likeness (QED) is 0.427. The molecule has 0 aromatic heterocycles. The summed E-state index contributed by atoms with van der Waals surface area (Å²) in [5, 5.41) is 0. The summed E-state index contributed by atoms with van der Waals surface area (Å²) in [5.41, 5.74) is 0. The molecule has 0 amide bonds. The summed E-state index contributed by atoms with van der Waals surface area (Å²) < 4.78 is 0. The van der Waals surface area contributed by atoms with Crippen LogP contribution in [0, 0.1) is 0 Å². The van der Waals surface area contributed by atoms with Crippen LogP contribution in [0.4, 0.5) is 0 Å². The molecule has 0 unspecified atom stereocenters. The zero-order valence-electron chi connectivity index (χ0n) is 9.83. The second-order valence-corrected chi connectivity index (χ2v) is 6.00. The minimum absolute atomic E-state index is 1.06. The highest BCUT2D eigenvalue weighted by Crippen LogP contribution is 2.52. The highest BCUT2D eigenvalue weighted by molar-refractivity contribution is 6.64. The van der Waals surface area contributed by atoms with Crippen LogP contribution in [-0.2, 0) is 0 Å². The number of fused-ring (bicyclic) bond motifs is 2. The molecule has 1 aliphatic carbocycles. The van der Waals surface area contributed by atoms with Crippen molar-refractivity contribution in [2.45, 2.75) is 75.2 Å². The minimum Gasteiger partial charge on any atom is -0.0889 e. The maximum absolute atomic E-state index is 2.46. The van der Waals surface area contributed by atoms with E-state index in [-0.39, 0.29) is 0 Å². The Morgan fingerprint density at radius 3 is 1.93 bits per heavy atom. The van der Waals surface area contributed by atoms with Gasteiger partial charge in [-0.15, -0.1) is 0 Å². The fraction of sp³-hybridized carbons (Fsp3) is 0.857. The third-order valence-electron chi connectivity index (χ3n) is 5.24. The van der Waals surface area contributed by atoms with Crippen molar-refractivity contribution in [2.24, 2.45) is 0 Å². The van der Waals surface area contributed by atoms with Gasteiger partial charge in [0.25, 0.3) is 0 Å². The molecule has 2 aliphatic heterocycles. The van der Waals surface area contributed by atoms with Crippen molar-refractivity contribution >= 4 is 6.71 Å². The van der Waals surface area contributed by atoms with Gasteiger partial charge in [0.1, 0.15) is 6.71 Å². The second-order valence-electron chi connectivity index (χ2n) is 6.00. The van der Waals surface area contributed by atoms with Crippen molar-refractivity contribution in [1.82, 2.24) is 0 Å². The summed E-state index contributed by atoms with van der Waals surface area (Å²) >= 11 is 0. The fourth-order valence-electron chi connectivity index (χ4n) is 4.66. The number of hydrogen-bond donors (Lipinski definition) is 0. The Kier molecular flexibility index (Phi) is 2.90. The predicted octanol–water partition coefficient (Wildman–Crippen LogP) is 4.70. The number of rotatable bonds is 1. The first-order chi connectivity index (χ1) is 7.45. The largest absolute Gasteiger partial charge is 0.149 e. The molecule has 0 spiro atoms. The molecule has 0 aromatic carbocycles. The lowest BCUT2D eigenvalue weighted by Crippen LogP contribution is -2.38. The molecule has 0 nitrogen and oxygen atoms in total. The maximum atomic E-state index is 2.46. The molecular weight excluding hydrogens is 179 g/mol. The smallest absolute Gasteiger partial charge is 0.0889 e. The summed E-state index contributed by atoms with van der Waals surface area (Å²) in [5.74, 6) is 3.30. The molecule has 2 saturated heterocycles. The van der Waals surface area contributed by atoms with Crippen molar-refractivity contribution in [1.29, 1.82) is 0 Å². The summed E-state index contributed by atoms with van der Waals surface area (Å²) in [7, 11) is 0. The van der Waals surface area contributed by atoms with Crippen molar-refractivity contribution in [3.63, 3.8) is 0 Å². The van der Waals surface area contributed by atoms with E-state index in [1.54, 1.807) is 25.7 Å². The third kappa shape index (κ3) is 1.90. The molecule has 3 rings (SSSR count). The van der Waals surface area contributed by atoms with Gasteiger partial charge in [0.05, 0.1) is 0 Å². The van der Waals surface area contributed by atoms with Gasteiger partial charge in [-0.3, -0.25) is 0 Å². The lowest BCUT2D eigenvalue weighted by atomic mass is 9.21. The Bertz CT molecular complexity index is 224. The lowest BCUT2D eigenvalue weighted by molar-refractivity contribution is 0.429. The zero-order chi connectivity index (χ0) is 10.1. The van der Waals surface area contributed by atoms with Crippen LogP contribution in [-0.4, -0.2) is 6.71 Å². The lowest BCUT2D eigenvalue weighted by Gasteiger charge is -2.44. The Labute approximate surface area is 94.6 Å². The van der Waals surface area contributed by atoms with Crippen LogP contribution in [0.25, 0.3) is 0 Å². The molecule has 1 heteroatoms. The molecule has 3 aliphatic rings. The van der Waals surface area contributed by atoms with Gasteiger partial charge in [-0.2, -0.15) is 0 Å². The molecule has 0 N–H and O–H groups in total. The summed E-state index contributed by atoms with van der Waals surface area (Å²) in [6.45, 7) is 1.12. The molecule has 1 atom stereocenters.